The molecule has 132 valence electrons. The molecular weight excluding hydrogens is 330 g/mol. The standard InChI is InChI=1S/C19H19N5O2/c1-12(2)17-22-13(3)10-16(23-17)24-18(25)15-7-5-9-21-19(15)26-14-6-4-8-20-11-14/h4-12H,1-3H3,(H,22,23,24,25). The van der Waals surface area contributed by atoms with Gasteiger partial charge in [-0.25, -0.2) is 15.0 Å². The van der Waals surface area contributed by atoms with E-state index in [0.717, 1.165) is 5.69 Å². The van der Waals surface area contributed by atoms with Gasteiger partial charge in [0, 0.05) is 30.1 Å². The van der Waals surface area contributed by atoms with Gasteiger partial charge < -0.3 is 10.1 Å². The minimum absolute atomic E-state index is 0.161. The fourth-order valence-electron chi connectivity index (χ4n) is 2.26. The first-order chi connectivity index (χ1) is 12.5. The van der Waals surface area contributed by atoms with Crippen LogP contribution in [0.4, 0.5) is 5.82 Å². The summed E-state index contributed by atoms with van der Waals surface area (Å²) in [6.07, 6.45) is 4.76. The van der Waals surface area contributed by atoms with Gasteiger partial charge in [0.15, 0.2) is 0 Å². The molecular formula is C19H19N5O2. The van der Waals surface area contributed by atoms with E-state index in [9.17, 15) is 4.79 Å². The maximum atomic E-state index is 12.7. The highest BCUT2D eigenvalue weighted by Crippen LogP contribution is 2.23. The molecule has 3 aromatic heterocycles. The van der Waals surface area contributed by atoms with Crippen molar-refractivity contribution in [1.82, 2.24) is 19.9 Å². The summed E-state index contributed by atoms with van der Waals surface area (Å²) in [5, 5.41) is 2.79. The number of carbonyl (C=O) groups excluding carboxylic acids is 1. The number of hydrogen-bond donors (Lipinski definition) is 1. The Kier molecular flexibility index (Phi) is 5.17. The third kappa shape index (κ3) is 4.18. The Bertz CT molecular complexity index is 913. The van der Waals surface area contributed by atoms with Crippen LogP contribution in [0.2, 0.25) is 0 Å². The number of hydrogen-bond acceptors (Lipinski definition) is 6. The lowest BCUT2D eigenvalue weighted by atomic mass is 10.2. The molecule has 0 fully saturated rings. The van der Waals surface area contributed by atoms with Crippen LogP contribution < -0.4 is 10.1 Å². The molecule has 0 bridgehead atoms. The maximum Gasteiger partial charge on any atom is 0.262 e. The molecule has 0 spiro atoms. The second kappa shape index (κ2) is 7.69. The van der Waals surface area contributed by atoms with Crippen LogP contribution in [-0.2, 0) is 0 Å². The van der Waals surface area contributed by atoms with E-state index in [4.69, 9.17) is 4.74 Å². The second-order valence-electron chi connectivity index (χ2n) is 6.01. The van der Waals surface area contributed by atoms with Crippen molar-refractivity contribution in [2.75, 3.05) is 5.32 Å². The van der Waals surface area contributed by atoms with Gasteiger partial charge in [-0.1, -0.05) is 13.8 Å². The van der Waals surface area contributed by atoms with Crippen LogP contribution in [0.15, 0.2) is 48.9 Å². The normalized spacial score (nSPS) is 10.6. The van der Waals surface area contributed by atoms with Crippen LogP contribution in [0.3, 0.4) is 0 Å². The molecule has 0 aliphatic rings. The summed E-state index contributed by atoms with van der Waals surface area (Å²) < 4.78 is 5.69. The van der Waals surface area contributed by atoms with E-state index < -0.39 is 0 Å². The molecule has 0 radical (unpaired) electrons. The number of nitrogens with one attached hydrogen (secondary N) is 1. The second-order valence-corrected chi connectivity index (χ2v) is 6.01. The van der Waals surface area contributed by atoms with E-state index in [0.29, 0.717) is 23.0 Å². The Labute approximate surface area is 151 Å². The molecule has 7 heteroatoms. The molecule has 7 nitrogen and oxygen atoms in total. The SMILES string of the molecule is Cc1cc(NC(=O)c2cccnc2Oc2cccnc2)nc(C(C)C)n1. The van der Waals surface area contributed by atoms with Crippen molar-refractivity contribution in [1.29, 1.82) is 0 Å². The summed E-state index contributed by atoms with van der Waals surface area (Å²) >= 11 is 0. The first-order valence-corrected chi connectivity index (χ1v) is 8.23. The van der Waals surface area contributed by atoms with Gasteiger partial charge in [0.1, 0.15) is 23.0 Å². The van der Waals surface area contributed by atoms with Crippen molar-refractivity contribution < 1.29 is 9.53 Å². The summed E-state index contributed by atoms with van der Waals surface area (Å²) in [7, 11) is 0. The van der Waals surface area contributed by atoms with E-state index in [-0.39, 0.29) is 17.7 Å². The molecule has 0 aliphatic heterocycles. The molecule has 3 aromatic rings. The lowest BCUT2D eigenvalue weighted by molar-refractivity contribution is 0.102. The van der Waals surface area contributed by atoms with Crippen molar-refractivity contribution >= 4 is 11.7 Å². The van der Waals surface area contributed by atoms with Crippen molar-refractivity contribution in [3.8, 4) is 11.6 Å². The zero-order valence-electron chi connectivity index (χ0n) is 14.8. The quantitative estimate of drug-likeness (QED) is 0.754. The molecule has 0 saturated heterocycles. The van der Waals surface area contributed by atoms with Crippen molar-refractivity contribution in [3.63, 3.8) is 0 Å². The number of anilines is 1. The number of carbonyl (C=O) groups is 1. The molecule has 3 rings (SSSR count). The average molecular weight is 349 g/mol. The zero-order chi connectivity index (χ0) is 18.5. The van der Waals surface area contributed by atoms with Gasteiger partial charge in [0.05, 0.1) is 6.20 Å². The Morgan fingerprint density at radius 3 is 2.69 bits per heavy atom. The van der Waals surface area contributed by atoms with E-state index in [1.54, 1.807) is 48.9 Å². The highest BCUT2D eigenvalue weighted by atomic mass is 16.5. The van der Waals surface area contributed by atoms with E-state index in [2.05, 4.69) is 25.3 Å². The number of rotatable bonds is 5. The molecule has 0 unspecified atom stereocenters. The zero-order valence-corrected chi connectivity index (χ0v) is 14.8. The third-order valence-corrected chi connectivity index (χ3v) is 3.49. The summed E-state index contributed by atoms with van der Waals surface area (Å²) in [5.41, 5.74) is 1.09. The van der Waals surface area contributed by atoms with Gasteiger partial charge in [-0.05, 0) is 31.2 Å². The first kappa shape index (κ1) is 17.5. The Morgan fingerprint density at radius 2 is 1.96 bits per heavy atom. The lowest BCUT2D eigenvalue weighted by Crippen LogP contribution is -2.16. The van der Waals surface area contributed by atoms with Crippen LogP contribution in [0.5, 0.6) is 11.6 Å². The Hall–Kier alpha value is -3.35. The van der Waals surface area contributed by atoms with Crippen molar-refractivity contribution in [2.45, 2.75) is 26.7 Å². The maximum absolute atomic E-state index is 12.7. The van der Waals surface area contributed by atoms with Crippen molar-refractivity contribution in [3.05, 3.63) is 66.0 Å². The van der Waals surface area contributed by atoms with E-state index >= 15 is 0 Å². The highest BCUT2D eigenvalue weighted by Gasteiger charge is 2.16. The summed E-state index contributed by atoms with van der Waals surface area (Å²) in [5.74, 6) is 1.63. The molecule has 3 heterocycles. The molecule has 26 heavy (non-hydrogen) atoms. The summed E-state index contributed by atoms with van der Waals surface area (Å²) in [6.45, 7) is 5.87. The number of pyridine rings is 2. The highest BCUT2D eigenvalue weighted by molar-refractivity contribution is 6.05. The average Bonchev–Trinajstić information content (AvgIpc) is 2.62. The number of nitrogens with zero attached hydrogens (tertiary/aromatic N) is 4. The van der Waals surface area contributed by atoms with Crippen LogP contribution in [-0.4, -0.2) is 25.8 Å². The molecule has 0 aliphatic carbocycles. The minimum atomic E-state index is -0.357. The smallest absolute Gasteiger partial charge is 0.262 e. The first-order valence-electron chi connectivity index (χ1n) is 8.23. The predicted molar refractivity (Wildman–Crippen MR) is 97.4 cm³/mol. The van der Waals surface area contributed by atoms with E-state index in [1.807, 2.05) is 20.8 Å². The van der Waals surface area contributed by atoms with Crippen LogP contribution >= 0.6 is 0 Å². The molecule has 1 amide bonds. The van der Waals surface area contributed by atoms with Gasteiger partial charge in [-0.15, -0.1) is 0 Å². The van der Waals surface area contributed by atoms with Crippen molar-refractivity contribution in [2.24, 2.45) is 0 Å². The topological polar surface area (TPSA) is 89.9 Å². The number of aryl methyl sites for hydroxylation is 1. The largest absolute Gasteiger partial charge is 0.437 e. The summed E-state index contributed by atoms with van der Waals surface area (Å²) in [4.78, 5) is 29.6. The molecule has 0 saturated carbocycles. The number of ether oxygens (including phenoxy) is 1. The fraction of sp³-hybridized carbons (Fsp3) is 0.211. The lowest BCUT2D eigenvalue weighted by Gasteiger charge is -2.11. The Morgan fingerprint density at radius 1 is 1.15 bits per heavy atom. The van der Waals surface area contributed by atoms with Gasteiger partial charge in [0.2, 0.25) is 5.88 Å². The molecule has 0 atom stereocenters. The monoisotopic (exact) mass is 349 g/mol. The van der Waals surface area contributed by atoms with Crippen LogP contribution in [0, 0.1) is 6.92 Å². The number of aromatic nitrogens is 4. The van der Waals surface area contributed by atoms with Gasteiger partial charge in [-0.3, -0.25) is 9.78 Å². The van der Waals surface area contributed by atoms with E-state index in [1.165, 1.54) is 0 Å². The fourth-order valence-corrected chi connectivity index (χ4v) is 2.26. The van der Waals surface area contributed by atoms with Gasteiger partial charge in [-0.2, -0.15) is 0 Å². The minimum Gasteiger partial charge on any atom is -0.437 e. The summed E-state index contributed by atoms with van der Waals surface area (Å²) in [6, 6.07) is 8.53. The molecule has 1 N–H and O–H groups in total. The molecule has 0 aromatic carbocycles. The Balaban J connectivity index is 1.85. The van der Waals surface area contributed by atoms with Crippen LogP contribution in [0.1, 0.15) is 41.6 Å². The van der Waals surface area contributed by atoms with Gasteiger partial charge in [0.25, 0.3) is 5.91 Å². The van der Waals surface area contributed by atoms with Gasteiger partial charge >= 0.3 is 0 Å². The number of amides is 1. The van der Waals surface area contributed by atoms with Crippen LogP contribution in [0.25, 0.3) is 0 Å². The third-order valence-electron chi connectivity index (χ3n) is 3.49. The predicted octanol–water partition coefficient (Wildman–Crippen LogP) is 3.74.